The summed E-state index contributed by atoms with van der Waals surface area (Å²) in [5.74, 6) is -4.54. The van der Waals surface area contributed by atoms with Crippen LogP contribution in [-0.2, 0) is 22.4 Å². The van der Waals surface area contributed by atoms with Crippen molar-refractivity contribution in [1.82, 2.24) is 0 Å². The lowest BCUT2D eigenvalue weighted by Crippen LogP contribution is -2.58. The number of rotatable bonds is 6. The summed E-state index contributed by atoms with van der Waals surface area (Å²) in [5.41, 5.74) is 5.92. The molecule has 0 saturated heterocycles. The Balaban J connectivity index is 1.57. The smallest absolute Gasteiger partial charge is 0.202 e. The fourth-order valence-corrected chi connectivity index (χ4v) is 6.75. The molecule has 0 spiro atoms. The lowest BCUT2D eigenvalue weighted by atomic mass is 9.59. The number of phenols is 1. The molecule has 4 atom stereocenters. The van der Waals surface area contributed by atoms with E-state index in [4.69, 9.17) is 5.73 Å². The number of aryl methyl sites for hydroxylation is 1. The summed E-state index contributed by atoms with van der Waals surface area (Å²) >= 11 is 0. The molecule has 9 nitrogen and oxygen atoms in total. The van der Waals surface area contributed by atoms with Crippen molar-refractivity contribution in [1.29, 1.82) is 0 Å². The van der Waals surface area contributed by atoms with Crippen LogP contribution >= 0.6 is 0 Å². The second-order valence-corrected chi connectivity index (χ2v) is 11.3. The summed E-state index contributed by atoms with van der Waals surface area (Å²) in [6.07, 6.45) is 8.93. The maximum atomic E-state index is 13.8. The van der Waals surface area contributed by atoms with Gasteiger partial charge in [0.05, 0.1) is 11.1 Å². The SMILES string of the molecule is CN(C)c1cc(CCCC2=CC=CCC2)c(O)c2c1C[C@H]1C[C@H]3CC(=O)C(C(N)O)=C(O)[C@@]3(O)C(=O)C1=C2O. The van der Waals surface area contributed by atoms with Crippen LogP contribution in [0.1, 0.15) is 55.2 Å². The lowest BCUT2D eigenvalue weighted by molar-refractivity contribution is -0.147. The molecule has 0 aromatic heterocycles. The molecule has 39 heavy (non-hydrogen) atoms. The Labute approximate surface area is 227 Å². The van der Waals surface area contributed by atoms with E-state index in [9.17, 15) is 35.1 Å². The second-order valence-electron chi connectivity index (χ2n) is 11.3. The van der Waals surface area contributed by atoms with Crippen molar-refractivity contribution in [2.24, 2.45) is 17.6 Å². The molecule has 0 bridgehead atoms. The van der Waals surface area contributed by atoms with Gasteiger partial charge in [0, 0.05) is 37.7 Å². The Bertz CT molecular complexity index is 1370. The standard InChI is InChI=1S/C30H36N2O7/c1-32(2)20-13-16(10-6-9-15-7-4-3-5-8-15)25(34)23-19(20)12-17-11-18-14-21(33)24(29(31)38)28(37)30(18,39)27(36)22(17)26(23)35/h3-4,7,13,17-18,29,34-35,37-39H,5-6,8-12,14,31H2,1-2H3/t17-,18+,29?,30+/m1/s1. The Morgan fingerprint density at radius 2 is 1.90 bits per heavy atom. The van der Waals surface area contributed by atoms with Crippen molar-refractivity contribution in [3.8, 4) is 5.75 Å². The van der Waals surface area contributed by atoms with Gasteiger partial charge in [-0.25, -0.2) is 0 Å². The quantitative estimate of drug-likeness (QED) is 0.300. The molecule has 0 heterocycles. The number of anilines is 1. The highest BCUT2D eigenvalue weighted by atomic mass is 16.3. The molecule has 0 aliphatic heterocycles. The predicted molar refractivity (Wildman–Crippen MR) is 146 cm³/mol. The van der Waals surface area contributed by atoms with Crippen LogP contribution in [0.2, 0.25) is 0 Å². The molecule has 5 rings (SSSR count). The first-order valence-corrected chi connectivity index (χ1v) is 13.5. The van der Waals surface area contributed by atoms with E-state index in [-0.39, 0.29) is 29.7 Å². The number of carbonyl (C=O) groups excluding carboxylic acids is 2. The van der Waals surface area contributed by atoms with Crippen molar-refractivity contribution in [3.05, 3.63) is 63.5 Å². The average Bonchev–Trinajstić information content (AvgIpc) is 2.87. The summed E-state index contributed by atoms with van der Waals surface area (Å²) < 4.78 is 0. The van der Waals surface area contributed by atoms with Gasteiger partial charge in [0.25, 0.3) is 0 Å². The average molecular weight is 537 g/mol. The van der Waals surface area contributed by atoms with E-state index in [2.05, 4.69) is 18.2 Å². The number of fused-ring (bicyclic) bond motifs is 3. The molecule has 1 aromatic rings. The maximum absolute atomic E-state index is 13.8. The molecule has 7 N–H and O–H groups in total. The third kappa shape index (κ3) is 4.29. The van der Waals surface area contributed by atoms with Crippen LogP contribution in [0.25, 0.3) is 5.76 Å². The molecule has 208 valence electrons. The first kappa shape index (κ1) is 27.2. The zero-order valence-electron chi connectivity index (χ0n) is 22.3. The highest BCUT2D eigenvalue weighted by molar-refractivity contribution is 6.13. The second kappa shape index (κ2) is 9.97. The first-order chi connectivity index (χ1) is 18.5. The third-order valence-corrected chi connectivity index (χ3v) is 8.73. The van der Waals surface area contributed by atoms with E-state index in [0.717, 1.165) is 31.4 Å². The molecular weight excluding hydrogens is 500 g/mol. The zero-order chi connectivity index (χ0) is 28.2. The molecular formula is C30H36N2O7. The van der Waals surface area contributed by atoms with Crippen LogP contribution in [-0.4, -0.2) is 63.0 Å². The minimum absolute atomic E-state index is 0.0932. The number of aliphatic hydroxyl groups is 4. The Morgan fingerprint density at radius 1 is 1.15 bits per heavy atom. The summed E-state index contributed by atoms with van der Waals surface area (Å²) in [6, 6.07) is 1.93. The number of aromatic hydroxyl groups is 1. The highest BCUT2D eigenvalue weighted by Crippen LogP contribution is 2.53. The summed E-state index contributed by atoms with van der Waals surface area (Å²) in [5, 5.41) is 55.0. The number of nitrogens with two attached hydrogens (primary N) is 1. The number of hydrogen-bond acceptors (Lipinski definition) is 9. The normalized spacial score (nSPS) is 27.2. The molecule has 1 saturated carbocycles. The Hall–Kier alpha value is -3.40. The lowest BCUT2D eigenvalue weighted by Gasteiger charge is -2.46. The van der Waals surface area contributed by atoms with Gasteiger partial charge in [-0.05, 0) is 68.1 Å². The number of hydrogen-bond donors (Lipinski definition) is 6. The predicted octanol–water partition coefficient (Wildman–Crippen LogP) is 2.88. The fourth-order valence-electron chi connectivity index (χ4n) is 6.75. The molecule has 4 aliphatic carbocycles. The van der Waals surface area contributed by atoms with E-state index in [1.54, 1.807) is 0 Å². The number of Topliss-reactive ketones (excluding diaryl/α,β-unsaturated/α-hetero) is 2. The van der Waals surface area contributed by atoms with Crippen molar-refractivity contribution < 1.29 is 35.1 Å². The third-order valence-electron chi connectivity index (χ3n) is 8.73. The number of aliphatic hydroxyl groups excluding tert-OH is 3. The monoisotopic (exact) mass is 536 g/mol. The van der Waals surface area contributed by atoms with Crippen molar-refractivity contribution in [2.75, 3.05) is 19.0 Å². The fraction of sp³-hybridized carbons (Fsp3) is 0.467. The van der Waals surface area contributed by atoms with Crippen molar-refractivity contribution in [3.63, 3.8) is 0 Å². The van der Waals surface area contributed by atoms with Gasteiger partial charge in [-0.2, -0.15) is 0 Å². The van der Waals surface area contributed by atoms with Crippen molar-refractivity contribution >= 4 is 23.0 Å². The van der Waals surface area contributed by atoms with Gasteiger partial charge in [0.2, 0.25) is 5.78 Å². The van der Waals surface area contributed by atoms with Gasteiger partial charge < -0.3 is 36.2 Å². The highest BCUT2D eigenvalue weighted by Gasteiger charge is 2.60. The van der Waals surface area contributed by atoms with Gasteiger partial charge in [-0.1, -0.05) is 23.8 Å². The van der Waals surface area contributed by atoms with Crippen LogP contribution in [0.3, 0.4) is 0 Å². The molecule has 9 heteroatoms. The topological polar surface area (TPSA) is 165 Å². The number of ketones is 2. The van der Waals surface area contributed by atoms with Crippen molar-refractivity contribution in [2.45, 2.75) is 63.2 Å². The van der Waals surface area contributed by atoms with Gasteiger partial charge in [-0.3, -0.25) is 9.59 Å². The van der Waals surface area contributed by atoms with E-state index in [1.807, 2.05) is 25.1 Å². The van der Waals surface area contributed by atoms with Crippen LogP contribution in [0.4, 0.5) is 5.69 Å². The molecule has 1 unspecified atom stereocenters. The van der Waals surface area contributed by atoms with Crippen LogP contribution in [0.5, 0.6) is 5.75 Å². The van der Waals surface area contributed by atoms with E-state index in [1.165, 1.54) is 5.57 Å². The van der Waals surface area contributed by atoms with E-state index < -0.39 is 52.3 Å². The number of allylic oxidation sites excluding steroid dienone is 4. The molecule has 1 fully saturated rings. The van der Waals surface area contributed by atoms with Crippen LogP contribution < -0.4 is 10.6 Å². The summed E-state index contributed by atoms with van der Waals surface area (Å²) in [7, 11) is 3.75. The number of nitrogens with zero attached hydrogens (tertiary/aromatic N) is 1. The van der Waals surface area contributed by atoms with Crippen LogP contribution in [0.15, 0.2) is 46.8 Å². The number of phenolic OH excluding ortho intramolecular Hbond substituents is 1. The molecule has 0 amide bonds. The van der Waals surface area contributed by atoms with Crippen LogP contribution in [0, 0.1) is 11.8 Å². The Morgan fingerprint density at radius 3 is 2.54 bits per heavy atom. The largest absolute Gasteiger partial charge is 0.508 e. The number of benzene rings is 1. The minimum Gasteiger partial charge on any atom is -0.508 e. The van der Waals surface area contributed by atoms with E-state index >= 15 is 0 Å². The molecule has 0 radical (unpaired) electrons. The minimum atomic E-state index is -2.50. The summed E-state index contributed by atoms with van der Waals surface area (Å²) in [6.45, 7) is 0. The molecule has 1 aromatic carbocycles. The Kier molecular flexibility index (Phi) is 6.95. The van der Waals surface area contributed by atoms with Gasteiger partial charge in [0.15, 0.2) is 11.4 Å². The van der Waals surface area contributed by atoms with E-state index in [0.29, 0.717) is 24.0 Å². The zero-order valence-corrected chi connectivity index (χ0v) is 22.3. The number of carbonyl (C=O) groups is 2. The van der Waals surface area contributed by atoms with Gasteiger partial charge >= 0.3 is 0 Å². The van der Waals surface area contributed by atoms with Gasteiger partial charge in [0.1, 0.15) is 23.5 Å². The first-order valence-electron chi connectivity index (χ1n) is 13.5. The molecule has 4 aliphatic rings. The summed E-state index contributed by atoms with van der Waals surface area (Å²) in [4.78, 5) is 28.3. The maximum Gasteiger partial charge on any atom is 0.202 e. The van der Waals surface area contributed by atoms with Gasteiger partial charge in [-0.15, -0.1) is 0 Å².